The Kier molecular flexibility index (Phi) is 2.42. The van der Waals surface area contributed by atoms with Gasteiger partial charge in [0.2, 0.25) is 0 Å². The van der Waals surface area contributed by atoms with Crippen molar-refractivity contribution >= 4 is 5.84 Å². The van der Waals surface area contributed by atoms with Crippen LogP contribution in [0.3, 0.4) is 0 Å². The van der Waals surface area contributed by atoms with Crippen LogP contribution in [0.15, 0.2) is 0 Å². The predicted molar refractivity (Wildman–Crippen MR) is 51.3 cm³/mol. The molecule has 0 saturated carbocycles. The van der Waals surface area contributed by atoms with Gasteiger partial charge in [0.1, 0.15) is 5.84 Å². The largest absolute Gasteiger partial charge is 0.386 e. The monoisotopic (exact) mass is 169 g/mol. The van der Waals surface area contributed by atoms with Gasteiger partial charge in [-0.1, -0.05) is 13.8 Å². The number of likely N-dealkylation sites (tertiary alicyclic amines) is 1. The summed E-state index contributed by atoms with van der Waals surface area (Å²) in [5.41, 5.74) is 5.89. The van der Waals surface area contributed by atoms with Crippen molar-refractivity contribution in [3.63, 3.8) is 0 Å². The van der Waals surface area contributed by atoms with Crippen molar-refractivity contribution in [3.05, 3.63) is 0 Å². The van der Waals surface area contributed by atoms with Crippen LogP contribution in [0.4, 0.5) is 0 Å². The molecular formula is C9H19N3. The van der Waals surface area contributed by atoms with Gasteiger partial charge < -0.3 is 5.73 Å². The maximum Gasteiger partial charge on any atom is 0.108 e. The Labute approximate surface area is 74.4 Å². The molecule has 1 aliphatic heterocycles. The molecule has 1 unspecified atom stereocenters. The normalized spacial score (nSPS) is 24.6. The quantitative estimate of drug-likeness (QED) is 0.490. The number of nitrogens with one attached hydrogen (secondary N) is 1. The number of amidine groups is 1. The molecule has 1 heterocycles. The topological polar surface area (TPSA) is 53.1 Å². The van der Waals surface area contributed by atoms with E-state index in [1.807, 2.05) is 6.92 Å². The molecule has 0 radical (unpaired) electrons. The molecule has 3 N–H and O–H groups in total. The summed E-state index contributed by atoms with van der Waals surface area (Å²) in [6.45, 7) is 8.68. The van der Waals surface area contributed by atoms with Gasteiger partial charge in [-0.05, 0) is 18.8 Å². The second-order valence-corrected chi connectivity index (χ2v) is 4.20. The number of rotatable bonds is 3. The summed E-state index contributed by atoms with van der Waals surface area (Å²) in [5.74, 6) is 0.285. The molecule has 0 bridgehead atoms. The van der Waals surface area contributed by atoms with Crippen LogP contribution in [0, 0.1) is 10.8 Å². The SMILES string of the molecule is CCC1(C)CN(C(C)C(=N)N)C1. The highest BCUT2D eigenvalue weighted by molar-refractivity contribution is 5.82. The van der Waals surface area contributed by atoms with Crippen LogP contribution in [0.2, 0.25) is 0 Å². The number of hydrogen-bond acceptors (Lipinski definition) is 2. The van der Waals surface area contributed by atoms with Crippen LogP contribution in [-0.2, 0) is 0 Å². The summed E-state index contributed by atoms with van der Waals surface area (Å²) in [6.07, 6.45) is 1.22. The molecule has 3 nitrogen and oxygen atoms in total. The molecule has 70 valence electrons. The van der Waals surface area contributed by atoms with Crippen molar-refractivity contribution in [2.24, 2.45) is 11.1 Å². The third-order valence-corrected chi connectivity index (χ3v) is 3.02. The summed E-state index contributed by atoms with van der Waals surface area (Å²) in [4.78, 5) is 2.26. The molecule has 1 saturated heterocycles. The van der Waals surface area contributed by atoms with E-state index in [0.29, 0.717) is 5.41 Å². The van der Waals surface area contributed by atoms with Gasteiger partial charge in [-0.25, -0.2) is 0 Å². The van der Waals surface area contributed by atoms with Crippen molar-refractivity contribution in [2.75, 3.05) is 13.1 Å². The van der Waals surface area contributed by atoms with E-state index in [-0.39, 0.29) is 11.9 Å². The van der Waals surface area contributed by atoms with E-state index in [0.717, 1.165) is 13.1 Å². The number of hydrogen-bond donors (Lipinski definition) is 2. The van der Waals surface area contributed by atoms with Crippen LogP contribution in [0.5, 0.6) is 0 Å². The molecule has 1 aliphatic rings. The molecule has 0 aromatic rings. The fraction of sp³-hybridized carbons (Fsp3) is 0.889. The van der Waals surface area contributed by atoms with Gasteiger partial charge in [-0.3, -0.25) is 10.3 Å². The van der Waals surface area contributed by atoms with Gasteiger partial charge in [-0.15, -0.1) is 0 Å². The van der Waals surface area contributed by atoms with Crippen LogP contribution in [0.1, 0.15) is 27.2 Å². The highest BCUT2D eigenvalue weighted by Gasteiger charge is 2.39. The molecule has 1 atom stereocenters. The fourth-order valence-electron chi connectivity index (χ4n) is 1.63. The minimum absolute atomic E-state index is 0.129. The van der Waals surface area contributed by atoms with Crippen LogP contribution in [0.25, 0.3) is 0 Å². The highest BCUT2D eigenvalue weighted by atomic mass is 15.2. The van der Waals surface area contributed by atoms with Crippen LogP contribution in [-0.4, -0.2) is 29.9 Å². The second kappa shape index (κ2) is 3.05. The Bertz CT molecular complexity index is 182. The van der Waals surface area contributed by atoms with E-state index in [9.17, 15) is 0 Å². The van der Waals surface area contributed by atoms with Gasteiger partial charge >= 0.3 is 0 Å². The molecule has 0 spiro atoms. The van der Waals surface area contributed by atoms with Crippen molar-refractivity contribution in [1.82, 2.24) is 4.90 Å². The Hall–Kier alpha value is -0.570. The molecule has 12 heavy (non-hydrogen) atoms. The average Bonchev–Trinajstić information content (AvgIpc) is 1.97. The third-order valence-electron chi connectivity index (χ3n) is 3.02. The minimum Gasteiger partial charge on any atom is -0.386 e. The molecule has 0 aliphatic carbocycles. The first kappa shape index (κ1) is 9.52. The summed E-state index contributed by atoms with van der Waals surface area (Å²) in [5, 5.41) is 7.29. The lowest BCUT2D eigenvalue weighted by Gasteiger charge is -2.50. The molecule has 0 amide bonds. The third kappa shape index (κ3) is 1.61. The molecule has 0 aromatic carbocycles. The zero-order chi connectivity index (χ0) is 9.35. The fourth-order valence-corrected chi connectivity index (χ4v) is 1.63. The van der Waals surface area contributed by atoms with Gasteiger partial charge in [0, 0.05) is 13.1 Å². The van der Waals surface area contributed by atoms with E-state index < -0.39 is 0 Å². The van der Waals surface area contributed by atoms with Gasteiger partial charge in [0.05, 0.1) is 6.04 Å². The molecular weight excluding hydrogens is 150 g/mol. The molecule has 0 aromatic heterocycles. The standard InChI is InChI=1S/C9H19N3/c1-4-9(3)5-12(6-9)7(2)8(10)11/h7H,4-6H2,1-3H3,(H3,10,11). The first-order valence-electron chi connectivity index (χ1n) is 4.56. The van der Waals surface area contributed by atoms with Crippen LogP contribution >= 0.6 is 0 Å². The number of nitrogens with two attached hydrogens (primary N) is 1. The number of nitrogens with zero attached hydrogens (tertiary/aromatic N) is 1. The first-order valence-corrected chi connectivity index (χ1v) is 4.56. The minimum atomic E-state index is 0.129. The Morgan fingerprint density at radius 2 is 2.17 bits per heavy atom. The lowest BCUT2D eigenvalue weighted by molar-refractivity contribution is 0.00178. The average molecular weight is 169 g/mol. The van der Waals surface area contributed by atoms with Gasteiger partial charge in [-0.2, -0.15) is 0 Å². The van der Waals surface area contributed by atoms with Crippen molar-refractivity contribution < 1.29 is 0 Å². The van der Waals surface area contributed by atoms with Gasteiger partial charge in [0.15, 0.2) is 0 Å². The summed E-state index contributed by atoms with van der Waals surface area (Å²) in [7, 11) is 0. The lowest BCUT2D eigenvalue weighted by atomic mass is 9.78. The first-order chi connectivity index (χ1) is 5.48. The predicted octanol–water partition coefficient (Wildman–Crippen LogP) is 1.04. The Balaban J connectivity index is 2.39. The smallest absolute Gasteiger partial charge is 0.108 e. The van der Waals surface area contributed by atoms with Crippen molar-refractivity contribution in [2.45, 2.75) is 33.2 Å². The summed E-state index contributed by atoms with van der Waals surface area (Å²) >= 11 is 0. The van der Waals surface area contributed by atoms with E-state index in [4.69, 9.17) is 11.1 Å². The lowest BCUT2D eigenvalue weighted by Crippen LogP contribution is -2.60. The zero-order valence-corrected chi connectivity index (χ0v) is 8.22. The second-order valence-electron chi connectivity index (χ2n) is 4.20. The zero-order valence-electron chi connectivity index (χ0n) is 8.22. The van der Waals surface area contributed by atoms with Crippen molar-refractivity contribution in [1.29, 1.82) is 5.41 Å². The van der Waals surface area contributed by atoms with Crippen molar-refractivity contribution in [3.8, 4) is 0 Å². The van der Waals surface area contributed by atoms with E-state index in [1.165, 1.54) is 6.42 Å². The van der Waals surface area contributed by atoms with E-state index in [2.05, 4.69) is 18.7 Å². The van der Waals surface area contributed by atoms with E-state index in [1.54, 1.807) is 0 Å². The van der Waals surface area contributed by atoms with Gasteiger partial charge in [0.25, 0.3) is 0 Å². The summed E-state index contributed by atoms with van der Waals surface area (Å²) < 4.78 is 0. The Morgan fingerprint density at radius 3 is 2.50 bits per heavy atom. The van der Waals surface area contributed by atoms with Crippen LogP contribution < -0.4 is 5.73 Å². The maximum absolute atomic E-state index is 7.29. The molecule has 3 heteroatoms. The van der Waals surface area contributed by atoms with E-state index >= 15 is 0 Å². The maximum atomic E-state index is 7.29. The highest BCUT2D eigenvalue weighted by Crippen LogP contribution is 2.34. The molecule has 1 fully saturated rings. The molecule has 1 rings (SSSR count). The Morgan fingerprint density at radius 1 is 1.67 bits per heavy atom. The summed E-state index contributed by atoms with van der Waals surface area (Å²) in [6, 6.07) is 0.129.